The van der Waals surface area contributed by atoms with E-state index in [9.17, 15) is 4.79 Å². The molecule has 1 aromatic rings. The first kappa shape index (κ1) is 16.3. The Morgan fingerprint density at radius 1 is 1.39 bits per heavy atom. The summed E-state index contributed by atoms with van der Waals surface area (Å²) in [5, 5.41) is 3.04. The van der Waals surface area contributed by atoms with Crippen LogP contribution in [0, 0.1) is 5.92 Å². The molecular formula is C19H28N2O2. The largest absolute Gasteiger partial charge is 0.493 e. The molecule has 1 fully saturated rings. The summed E-state index contributed by atoms with van der Waals surface area (Å²) in [6.07, 6.45) is 5.82. The number of unbranched alkanes of at least 4 members (excludes halogenated alkanes) is 1. The molecule has 0 unspecified atom stereocenters. The van der Waals surface area contributed by atoms with Gasteiger partial charge >= 0.3 is 0 Å². The van der Waals surface area contributed by atoms with Crippen molar-refractivity contribution in [3.05, 3.63) is 29.3 Å². The fourth-order valence-electron chi connectivity index (χ4n) is 3.58. The number of piperidine rings is 1. The second kappa shape index (κ2) is 7.82. The van der Waals surface area contributed by atoms with Crippen LogP contribution in [-0.2, 0) is 6.42 Å². The number of benzene rings is 1. The van der Waals surface area contributed by atoms with Crippen molar-refractivity contribution in [1.29, 1.82) is 0 Å². The Morgan fingerprint density at radius 2 is 2.30 bits per heavy atom. The van der Waals surface area contributed by atoms with Crippen LogP contribution in [0.3, 0.4) is 0 Å². The van der Waals surface area contributed by atoms with Gasteiger partial charge in [0.15, 0.2) is 0 Å². The average Bonchev–Trinajstić information content (AvgIpc) is 3.02. The molecule has 1 atom stereocenters. The molecule has 2 aliphatic heterocycles. The fourth-order valence-corrected chi connectivity index (χ4v) is 3.58. The molecule has 126 valence electrons. The molecule has 0 aromatic heterocycles. The minimum Gasteiger partial charge on any atom is -0.493 e. The summed E-state index contributed by atoms with van der Waals surface area (Å²) < 4.78 is 5.48. The van der Waals surface area contributed by atoms with E-state index in [2.05, 4.69) is 17.1 Å². The third kappa shape index (κ3) is 4.47. The SMILES string of the molecule is C[C@@H]1CCCN(CCCCNC(=O)c2ccc3c(c2)CCO3)C1. The number of nitrogens with one attached hydrogen (secondary N) is 1. The molecular weight excluding hydrogens is 288 g/mol. The standard InChI is InChI=1S/C19H28N2O2/c1-15-5-4-11-21(14-15)10-3-2-9-20-19(22)17-6-7-18-16(13-17)8-12-23-18/h6-7,13,15H,2-5,8-12,14H2,1H3,(H,20,22)/t15-/m1/s1. The van der Waals surface area contributed by atoms with Crippen LogP contribution in [0.4, 0.5) is 0 Å². The average molecular weight is 316 g/mol. The molecule has 0 spiro atoms. The Labute approximate surface area is 139 Å². The van der Waals surface area contributed by atoms with E-state index >= 15 is 0 Å². The van der Waals surface area contributed by atoms with Crippen LogP contribution in [0.25, 0.3) is 0 Å². The number of fused-ring (bicyclic) bond motifs is 1. The van der Waals surface area contributed by atoms with Gasteiger partial charge < -0.3 is 15.0 Å². The van der Waals surface area contributed by atoms with Crippen molar-refractivity contribution in [2.75, 3.05) is 32.8 Å². The number of hydrogen-bond donors (Lipinski definition) is 1. The highest BCUT2D eigenvalue weighted by Crippen LogP contribution is 2.25. The van der Waals surface area contributed by atoms with Crippen LogP contribution < -0.4 is 10.1 Å². The van der Waals surface area contributed by atoms with Gasteiger partial charge in [0.2, 0.25) is 0 Å². The van der Waals surface area contributed by atoms with Crippen molar-refractivity contribution in [2.45, 2.75) is 39.0 Å². The van der Waals surface area contributed by atoms with Crippen molar-refractivity contribution >= 4 is 5.91 Å². The summed E-state index contributed by atoms with van der Waals surface area (Å²) in [5.41, 5.74) is 1.90. The summed E-state index contributed by atoms with van der Waals surface area (Å²) >= 11 is 0. The fraction of sp³-hybridized carbons (Fsp3) is 0.632. The van der Waals surface area contributed by atoms with E-state index in [1.807, 2.05) is 18.2 Å². The van der Waals surface area contributed by atoms with Crippen molar-refractivity contribution in [1.82, 2.24) is 10.2 Å². The summed E-state index contributed by atoms with van der Waals surface area (Å²) in [6.45, 7) is 7.48. The Hall–Kier alpha value is -1.55. The van der Waals surface area contributed by atoms with Gasteiger partial charge in [-0.15, -0.1) is 0 Å². The molecule has 1 aromatic carbocycles. The Balaban J connectivity index is 1.35. The van der Waals surface area contributed by atoms with E-state index in [1.165, 1.54) is 25.9 Å². The molecule has 1 amide bonds. The van der Waals surface area contributed by atoms with Gasteiger partial charge in [-0.3, -0.25) is 4.79 Å². The van der Waals surface area contributed by atoms with Gasteiger partial charge in [0, 0.05) is 25.1 Å². The zero-order chi connectivity index (χ0) is 16.1. The molecule has 1 N–H and O–H groups in total. The smallest absolute Gasteiger partial charge is 0.251 e. The number of ether oxygens (including phenoxy) is 1. The summed E-state index contributed by atoms with van der Waals surface area (Å²) in [4.78, 5) is 14.8. The zero-order valence-electron chi connectivity index (χ0n) is 14.1. The first-order chi connectivity index (χ1) is 11.2. The van der Waals surface area contributed by atoms with E-state index in [1.54, 1.807) is 0 Å². The number of nitrogens with zero attached hydrogens (tertiary/aromatic N) is 1. The van der Waals surface area contributed by atoms with Gasteiger partial charge in [-0.05, 0) is 68.5 Å². The number of likely N-dealkylation sites (tertiary alicyclic amines) is 1. The molecule has 0 bridgehead atoms. The summed E-state index contributed by atoms with van der Waals surface area (Å²) in [5.74, 6) is 1.80. The highest BCUT2D eigenvalue weighted by molar-refractivity contribution is 5.94. The van der Waals surface area contributed by atoms with E-state index in [0.29, 0.717) is 0 Å². The molecule has 4 nitrogen and oxygen atoms in total. The van der Waals surface area contributed by atoms with Gasteiger partial charge in [-0.25, -0.2) is 0 Å². The van der Waals surface area contributed by atoms with Gasteiger partial charge in [0.25, 0.3) is 5.91 Å². The lowest BCUT2D eigenvalue weighted by atomic mass is 10.0. The van der Waals surface area contributed by atoms with E-state index in [4.69, 9.17) is 4.74 Å². The molecule has 23 heavy (non-hydrogen) atoms. The summed E-state index contributed by atoms with van der Waals surface area (Å²) in [6, 6.07) is 5.73. The predicted molar refractivity (Wildman–Crippen MR) is 92.0 cm³/mol. The first-order valence-electron chi connectivity index (χ1n) is 8.98. The third-order valence-electron chi connectivity index (χ3n) is 4.88. The maximum Gasteiger partial charge on any atom is 0.251 e. The van der Waals surface area contributed by atoms with Crippen LogP contribution >= 0.6 is 0 Å². The lowest BCUT2D eigenvalue weighted by Crippen LogP contribution is -2.35. The lowest BCUT2D eigenvalue weighted by Gasteiger charge is -2.30. The van der Waals surface area contributed by atoms with Crippen LogP contribution in [0.15, 0.2) is 18.2 Å². The van der Waals surface area contributed by atoms with Crippen LogP contribution in [0.1, 0.15) is 48.5 Å². The Kier molecular flexibility index (Phi) is 5.55. The first-order valence-corrected chi connectivity index (χ1v) is 8.98. The molecule has 4 heteroatoms. The minimum atomic E-state index is 0.0336. The molecule has 0 saturated carbocycles. The lowest BCUT2D eigenvalue weighted by molar-refractivity contribution is 0.0952. The number of carbonyl (C=O) groups excluding carboxylic acids is 1. The Bertz CT molecular complexity index is 544. The molecule has 2 heterocycles. The predicted octanol–water partition coefficient (Wildman–Crippen LogP) is 2.86. The Morgan fingerprint density at radius 3 is 3.17 bits per heavy atom. The number of hydrogen-bond acceptors (Lipinski definition) is 3. The molecule has 3 rings (SSSR count). The third-order valence-corrected chi connectivity index (χ3v) is 4.88. The maximum atomic E-state index is 12.2. The van der Waals surface area contributed by atoms with Crippen molar-refractivity contribution < 1.29 is 9.53 Å². The number of rotatable bonds is 6. The van der Waals surface area contributed by atoms with Gasteiger partial charge in [0.05, 0.1) is 6.61 Å². The second-order valence-electron chi connectivity index (χ2n) is 6.93. The quantitative estimate of drug-likeness (QED) is 0.821. The zero-order valence-corrected chi connectivity index (χ0v) is 14.1. The molecule has 2 aliphatic rings. The van der Waals surface area contributed by atoms with Gasteiger partial charge in [-0.2, -0.15) is 0 Å². The second-order valence-corrected chi connectivity index (χ2v) is 6.93. The van der Waals surface area contributed by atoms with E-state index < -0.39 is 0 Å². The molecule has 1 saturated heterocycles. The van der Waals surface area contributed by atoms with Gasteiger partial charge in [-0.1, -0.05) is 6.92 Å². The van der Waals surface area contributed by atoms with E-state index in [-0.39, 0.29) is 5.91 Å². The monoisotopic (exact) mass is 316 g/mol. The van der Waals surface area contributed by atoms with Crippen molar-refractivity contribution in [3.63, 3.8) is 0 Å². The number of carbonyl (C=O) groups is 1. The van der Waals surface area contributed by atoms with Gasteiger partial charge in [0.1, 0.15) is 5.75 Å². The minimum absolute atomic E-state index is 0.0336. The van der Waals surface area contributed by atoms with Crippen LogP contribution in [0.5, 0.6) is 5.75 Å². The highest BCUT2D eigenvalue weighted by atomic mass is 16.5. The number of amides is 1. The van der Waals surface area contributed by atoms with Crippen molar-refractivity contribution in [3.8, 4) is 5.75 Å². The normalized spacial score (nSPS) is 20.8. The topological polar surface area (TPSA) is 41.6 Å². The highest BCUT2D eigenvalue weighted by Gasteiger charge is 2.16. The maximum absolute atomic E-state index is 12.2. The molecule has 0 aliphatic carbocycles. The van der Waals surface area contributed by atoms with Crippen molar-refractivity contribution in [2.24, 2.45) is 5.92 Å². The van der Waals surface area contributed by atoms with Crippen LogP contribution in [0.2, 0.25) is 0 Å². The van der Waals surface area contributed by atoms with E-state index in [0.717, 1.165) is 61.8 Å². The van der Waals surface area contributed by atoms with Crippen LogP contribution in [-0.4, -0.2) is 43.6 Å². The summed E-state index contributed by atoms with van der Waals surface area (Å²) in [7, 11) is 0. The molecule has 0 radical (unpaired) electrons.